The van der Waals surface area contributed by atoms with E-state index in [1.807, 2.05) is 18.7 Å². The van der Waals surface area contributed by atoms with Gasteiger partial charge in [-0.15, -0.1) is 0 Å². The summed E-state index contributed by atoms with van der Waals surface area (Å²) in [5, 5.41) is 5.22. The number of rotatable bonds is 5. The Hall–Kier alpha value is -1.86. The Morgan fingerprint density at radius 1 is 1.39 bits per heavy atom. The molecule has 2 rings (SSSR count). The third-order valence-corrected chi connectivity index (χ3v) is 3.56. The van der Waals surface area contributed by atoms with Crippen LogP contribution >= 0.6 is 0 Å². The summed E-state index contributed by atoms with van der Waals surface area (Å²) in [7, 11) is 1.56. The zero-order valence-electron chi connectivity index (χ0n) is 13.8. The van der Waals surface area contributed by atoms with Gasteiger partial charge in [0.1, 0.15) is 5.82 Å². The molecule has 1 saturated heterocycles. The first kappa shape index (κ1) is 17.5. The third-order valence-electron chi connectivity index (χ3n) is 3.56. The largest absolute Gasteiger partial charge is 0.383 e. The predicted molar refractivity (Wildman–Crippen MR) is 87.5 cm³/mol. The minimum atomic E-state index is -0.386. The van der Waals surface area contributed by atoms with E-state index >= 15 is 0 Å². The topological polar surface area (TPSA) is 62.8 Å². The van der Waals surface area contributed by atoms with E-state index in [2.05, 4.69) is 10.6 Å². The molecule has 1 aromatic rings. The van der Waals surface area contributed by atoms with Gasteiger partial charge in [0.2, 0.25) is 0 Å². The number of ether oxygens (including phenoxy) is 2. The number of benzene rings is 1. The monoisotopic (exact) mass is 325 g/mol. The number of nitrogens with one attached hydrogen (secondary N) is 2. The van der Waals surface area contributed by atoms with Gasteiger partial charge in [-0.05, 0) is 32.0 Å². The molecule has 0 radical (unpaired) electrons. The SMILES string of the molecule is COCCNC(=O)Nc1ccc(N2C[C@@H](C)O[C@H](C)C2)c(F)c1. The fraction of sp³-hybridized carbons (Fsp3) is 0.562. The van der Waals surface area contributed by atoms with E-state index in [4.69, 9.17) is 9.47 Å². The normalized spacial score (nSPS) is 21.1. The molecule has 1 aliphatic rings. The second-order valence-corrected chi connectivity index (χ2v) is 5.70. The van der Waals surface area contributed by atoms with Gasteiger partial charge in [0.15, 0.2) is 0 Å². The smallest absolute Gasteiger partial charge is 0.319 e. The summed E-state index contributed by atoms with van der Waals surface area (Å²) in [6.45, 7) is 6.05. The fourth-order valence-corrected chi connectivity index (χ4v) is 2.66. The van der Waals surface area contributed by atoms with Crippen molar-refractivity contribution in [2.45, 2.75) is 26.1 Å². The standard InChI is InChI=1S/C16H24FN3O3/c1-11-9-20(10-12(2)23-11)15-5-4-13(8-14(15)17)19-16(21)18-6-7-22-3/h4-5,8,11-12H,6-7,9-10H2,1-3H3,(H2,18,19,21)/t11-,12-/m1/s1. The lowest BCUT2D eigenvalue weighted by Crippen LogP contribution is -2.45. The number of nitrogens with zero attached hydrogens (tertiary/aromatic N) is 1. The van der Waals surface area contributed by atoms with Gasteiger partial charge in [0.05, 0.1) is 24.5 Å². The molecule has 0 aliphatic carbocycles. The maximum absolute atomic E-state index is 14.4. The molecular weight excluding hydrogens is 301 g/mol. The van der Waals surface area contributed by atoms with Crippen molar-refractivity contribution in [3.05, 3.63) is 24.0 Å². The average molecular weight is 325 g/mol. The van der Waals surface area contributed by atoms with Crippen LogP contribution in [-0.2, 0) is 9.47 Å². The molecule has 1 heterocycles. The van der Waals surface area contributed by atoms with E-state index in [0.717, 1.165) is 0 Å². The molecule has 2 N–H and O–H groups in total. The van der Waals surface area contributed by atoms with Gasteiger partial charge in [-0.3, -0.25) is 0 Å². The van der Waals surface area contributed by atoms with E-state index in [0.29, 0.717) is 37.6 Å². The summed E-state index contributed by atoms with van der Waals surface area (Å²) in [6, 6.07) is 4.32. The highest BCUT2D eigenvalue weighted by atomic mass is 19.1. The van der Waals surface area contributed by atoms with Crippen molar-refractivity contribution in [1.82, 2.24) is 5.32 Å². The summed E-state index contributed by atoms with van der Waals surface area (Å²) < 4.78 is 24.9. The third kappa shape index (κ3) is 5.07. The van der Waals surface area contributed by atoms with Gasteiger partial charge in [-0.25, -0.2) is 9.18 Å². The van der Waals surface area contributed by atoms with Crippen molar-refractivity contribution in [3.63, 3.8) is 0 Å². The summed E-state index contributed by atoms with van der Waals surface area (Å²) in [5.41, 5.74) is 0.938. The van der Waals surface area contributed by atoms with Gasteiger partial charge >= 0.3 is 6.03 Å². The molecule has 1 aliphatic heterocycles. The van der Waals surface area contributed by atoms with Crippen LogP contribution in [-0.4, -0.2) is 51.6 Å². The molecule has 1 fully saturated rings. The van der Waals surface area contributed by atoms with Crippen molar-refractivity contribution in [2.24, 2.45) is 0 Å². The molecule has 0 aromatic heterocycles. The minimum absolute atomic E-state index is 0.0579. The molecule has 23 heavy (non-hydrogen) atoms. The first-order chi connectivity index (χ1) is 11.0. The number of amides is 2. The van der Waals surface area contributed by atoms with E-state index in [1.54, 1.807) is 19.2 Å². The fourth-order valence-electron chi connectivity index (χ4n) is 2.66. The number of carbonyl (C=O) groups excluding carboxylic acids is 1. The van der Waals surface area contributed by atoms with Crippen LogP contribution in [0.2, 0.25) is 0 Å². The van der Waals surface area contributed by atoms with Gasteiger partial charge in [0, 0.05) is 32.4 Å². The highest BCUT2D eigenvalue weighted by molar-refractivity contribution is 5.89. The molecule has 0 bridgehead atoms. The average Bonchev–Trinajstić information content (AvgIpc) is 2.46. The second kappa shape index (κ2) is 8.12. The number of halogens is 1. The lowest BCUT2D eigenvalue weighted by Gasteiger charge is -2.37. The van der Waals surface area contributed by atoms with Gasteiger partial charge in [0.25, 0.3) is 0 Å². The second-order valence-electron chi connectivity index (χ2n) is 5.70. The van der Waals surface area contributed by atoms with Crippen molar-refractivity contribution < 1.29 is 18.7 Å². The maximum atomic E-state index is 14.4. The molecule has 128 valence electrons. The Morgan fingerprint density at radius 3 is 2.70 bits per heavy atom. The maximum Gasteiger partial charge on any atom is 0.319 e. The Bertz CT molecular complexity index is 531. The van der Waals surface area contributed by atoms with Gasteiger partial charge < -0.3 is 25.0 Å². The Balaban J connectivity index is 1.99. The first-order valence-corrected chi connectivity index (χ1v) is 7.73. The Kier molecular flexibility index (Phi) is 6.18. The van der Waals surface area contributed by atoms with E-state index < -0.39 is 0 Å². The van der Waals surface area contributed by atoms with Crippen LogP contribution in [0.3, 0.4) is 0 Å². The molecule has 7 heteroatoms. The predicted octanol–water partition coefficient (Wildman–Crippen LogP) is 2.21. The summed E-state index contributed by atoms with van der Waals surface area (Å²) in [4.78, 5) is 13.6. The van der Waals surface area contributed by atoms with Crippen molar-refractivity contribution in [2.75, 3.05) is 43.6 Å². The van der Waals surface area contributed by atoms with Crippen LogP contribution in [0.25, 0.3) is 0 Å². The van der Waals surface area contributed by atoms with E-state index in [1.165, 1.54) is 6.07 Å². The number of hydrogen-bond donors (Lipinski definition) is 2. The van der Waals surface area contributed by atoms with Crippen LogP contribution in [0.1, 0.15) is 13.8 Å². The van der Waals surface area contributed by atoms with Crippen molar-refractivity contribution in [1.29, 1.82) is 0 Å². The van der Waals surface area contributed by atoms with Crippen molar-refractivity contribution >= 4 is 17.4 Å². The molecule has 2 amide bonds. The van der Waals surface area contributed by atoms with Crippen LogP contribution in [0, 0.1) is 5.82 Å². The number of hydrogen-bond acceptors (Lipinski definition) is 4. The zero-order valence-corrected chi connectivity index (χ0v) is 13.8. The highest BCUT2D eigenvalue weighted by Gasteiger charge is 2.24. The Labute approximate surface area is 135 Å². The lowest BCUT2D eigenvalue weighted by atomic mass is 10.2. The molecular formula is C16H24FN3O3. The number of carbonyl (C=O) groups is 1. The molecule has 0 spiro atoms. The lowest BCUT2D eigenvalue weighted by molar-refractivity contribution is -0.00539. The first-order valence-electron chi connectivity index (χ1n) is 7.73. The van der Waals surface area contributed by atoms with Crippen LogP contribution in [0.15, 0.2) is 18.2 Å². The number of methoxy groups -OCH3 is 1. The van der Waals surface area contributed by atoms with Crippen LogP contribution < -0.4 is 15.5 Å². The van der Waals surface area contributed by atoms with Gasteiger partial charge in [-0.1, -0.05) is 0 Å². The van der Waals surface area contributed by atoms with Crippen molar-refractivity contribution in [3.8, 4) is 0 Å². The molecule has 2 atom stereocenters. The van der Waals surface area contributed by atoms with Crippen LogP contribution in [0.5, 0.6) is 0 Å². The highest BCUT2D eigenvalue weighted by Crippen LogP contribution is 2.26. The van der Waals surface area contributed by atoms with Gasteiger partial charge in [-0.2, -0.15) is 0 Å². The molecule has 6 nitrogen and oxygen atoms in total. The quantitative estimate of drug-likeness (QED) is 0.815. The number of urea groups is 1. The molecule has 0 unspecified atom stereocenters. The summed E-state index contributed by atoms with van der Waals surface area (Å²) >= 11 is 0. The minimum Gasteiger partial charge on any atom is -0.383 e. The zero-order chi connectivity index (χ0) is 16.8. The number of morpholine rings is 1. The van der Waals surface area contributed by atoms with E-state index in [-0.39, 0.29) is 24.1 Å². The summed E-state index contributed by atoms with van der Waals surface area (Å²) in [6.07, 6.45) is 0.116. The molecule has 0 saturated carbocycles. The van der Waals surface area contributed by atoms with E-state index in [9.17, 15) is 9.18 Å². The molecule has 1 aromatic carbocycles. The number of anilines is 2. The van der Waals surface area contributed by atoms with Crippen LogP contribution in [0.4, 0.5) is 20.6 Å². The Morgan fingerprint density at radius 2 is 2.09 bits per heavy atom. The summed E-state index contributed by atoms with van der Waals surface area (Å²) in [5.74, 6) is -0.360.